The summed E-state index contributed by atoms with van der Waals surface area (Å²) in [6.07, 6.45) is 0.206. The maximum atomic E-state index is 12.8. The third kappa shape index (κ3) is 3.81. The molecule has 2 aliphatic rings. The number of fused-ring (bicyclic) bond motifs is 1. The number of para-hydroxylation sites is 1. The maximum Gasteiger partial charge on any atom is 0.244 e. The summed E-state index contributed by atoms with van der Waals surface area (Å²) in [6, 6.07) is 4.22. The molecule has 134 valence electrons. The normalized spacial score (nSPS) is 23.9. The molecule has 3 rings (SSSR count). The summed E-state index contributed by atoms with van der Waals surface area (Å²) >= 11 is 0. The third-order valence-corrected chi connectivity index (χ3v) is 5.36. The van der Waals surface area contributed by atoms with Crippen molar-refractivity contribution in [3.8, 4) is 11.5 Å². The molecule has 0 spiro atoms. The van der Waals surface area contributed by atoms with Gasteiger partial charge in [-0.25, -0.2) is 13.1 Å². The zero-order valence-corrected chi connectivity index (χ0v) is 14.0. The number of sulfonamides is 1. The first-order valence-electron chi connectivity index (χ1n) is 7.83. The molecule has 24 heavy (non-hydrogen) atoms. The summed E-state index contributed by atoms with van der Waals surface area (Å²) in [5.41, 5.74) is 0. The predicted molar refractivity (Wildman–Crippen MR) is 83.8 cm³/mol. The van der Waals surface area contributed by atoms with Gasteiger partial charge in [-0.3, -0.25) is 0 Å². The molecule has 1 aromatic carbocycles. The highest BCUT2D eigenvalue weighted by Crippen LogP contribution is 2.36. The molecule has 0 bridgehead atoms. The maximum absolute atomic E-state index is 12.8. The molecule has 0 amide bonds. The Bertz CT molecular complexity index is 664. The molecule has 1 fully saturated rings. The van der Waals surface area contributed by atoms with Crippen molar-refractivity contribution in [2.24, 2.45) is 0 Å². The number of ether oxygens (including phenoxy) is 4. The van der Waals surface area contributed by atoms with Gasteiger partial charge in [0.05, 0.1) is 32.0 Å². The van der Waals surface area contributed by atoms with E-state index in [9.17, 15) is 8.42 Å². The van der Waals surface area contributed by atoms with Crippen LogP contribution < -0.4 is 14.2 Å². The fourth-order valence-electron chi connectivity index (χ4n) is 2.75. The van der Waals surface area contributed by atoms with E-state index in [4.69, 9.17) is 24.1 Å². The molecule has 1 aromatic rings. The number of hydrogen-bond donors (Lipinski definition) is 2. The van der Waals surface area contributed by atoms with Crippen LogP contribution in [0.4, 0.5) is 0 Å². The average molecular weight is 359 g/mol. The van der Waals surface area contributed by atoms with Gasteiger partial charge in [-0.15, -0.1) is 0 Å². The molecule has 2 N–H and O–H groups in total. The molecule has 0 radical (unpaired) electrons. The molecule has 0 saturated carbocycles. The zero-order valence-electron chi connectivity index (χ0n) is 13.1. The van der Waals surface area contributed by atoms with Gasteiger partial charge in [-0.2, -0.15) is 0 Å². The minimum absolute atomic E-state index is 0.0335. The Morgan fingerprint density at radius 3 is 2.92 bits per heavy atom. The van der Waals surface area contributed by atoms with Crippen LogP contribution >= 0.6 is 0 Å². The summed E-state index contributed by atoms with van der Waals surface area (Å²) in [4.78, 5) is 0.0335. The summed E-state index contributed by atoms with van der Waals surface area (Å²) in [5, 5.41) is 8.90. The first kappa shape index (κ1) is 17.4. The van der Waals surface area contributed by atoms with Crippen LogP contribution in [0.5, 0.6) is 11.5 Å². The van der Waals surface area contributed by atoms with Crippen LogP contribution in [-0.4, -0.2) is 65.3 Å². The Labute approximate surface area is 140 Å². The number of aliphatic hydroxyl groups excluding tert-OH is 1. The third-order valence-electron chi connectivity index (χ3n) is 3.84. The van der Waals surface area contributed by atoms with Crippen molar-refractivity contribution in [3.05, 3.63) is 18.2 Å². The summed E-state index contributed by atoms with van der Waals surface area (Å²) < 4.78 is 50.0. The fourth-order valence-corrected chi connectivity index (χ4v) is 4.16. The molecule has 0 aliphatic carbocycles. The van der Waals surface area contributed by atoms with Crippen molar-refractivity contribution in [1.82, 2.24) is 4.72 Å². The lowest BCUT2D eigenvalue weighted by atomic mass is 10.1. The largest absolute Gasteiger partial charge is 0.486 e. The molecule has 1 saturated heterocycles. The van der Waals surface area contributed by atoms with Crippen LogP contribution in [0.15, 0.2) is 23.1 Å². The molecule has 2 heterocycles. The highest BCUT2D eigenvalue weighted by Gasteiger charge is 2.33. The van der Waals surface area contributed by atoms with Crippen molar-refractivity contribution < 1.29 is 32.5 Å². The van der Waals surface area contributed by atoms with Crippen LogP contribution in [0.3, 0.4) is 0 Å². The summed E-state index contributed by atoms with van der Waals surface area (Å²) in [5.74, 6) is 0.637. The van der Waals surface area contributed by atoms with Gasteiger partial charge >= 0.3 is 0 Å². The van der Waals surface area contributed by atoms with Gasteiger partial charge in [0, 0.05) is 6.61 Å². The molecule has 2 aliphatic heterocycles. The summed E-state index contributed by atoms with van der Waals surface area (Å²) in [7, 11) is -3.84. The molecule has 0 aromatic heterocycles. The van der Waals surface area contributed by atoms with Crippen LogP contribution in [0.2, 0.25) is 0 Å². The van der Waals surface area contributed by atoms with Crippen molar-refractivity contribution in [2.45, 2.75) is 23.5 Å². The topological polar surface area (TPSA) is 103 Å². The smallest absolute Gasteiger partial charge is 0.244 e. The van der Waals surface area contributed by atoms with E-state index in [1.807, 2.05) is 0 Å². The number of hydrogen-bond acceptors (Lipinski definition) is 7. The number of benzene rings is 1. The Morgan fingerprint density at radius 2 is 2.08 bits per heavy atom. The Morgan fingerprint density at radius 1 is 1.25 bits per heavy atom. The van der Waals surface area contributed by atoms with E-state index in [-0.39, 0.29) is 36.6 Å². The standard InChI is InChI=1S/C15H21NO7S/c17-5-7-21-12-4-6-20-10-11(12)16-24(18,19)14-3-1-2-13-15(14)23-9-8-22-13/h1-3,11-12,16-17H,4-10H2/t11-,12+/m0/s1. The van der Waals surface area contributed by atoms with Gasteiger partial charge in [0.15, 0.2) is 11.5 Å². The summed E-state index contributed by atoms with van der Waals surface area (Å²) in [6.45, 7) is 1.42. The second-order valence-electron chi connectivity index (χ2n) is 5.50. The van der Waals surface area contributed by atoms with Gasteiger partial charge in [-0.05, 0) is 18.6 Å². The Balaban J connectivity index is 1.80. The predicted octanol–water partition coefficient (Wildman–Crippen LogP) is -0.0975. The minimum atomic E-state index is -3.84. The Kier molecular flexibility index (Phi) is 5.57. The minimum Gasteiger partial charge on any atom is -0.486 e. The zero-order chi connectivity index (χ0) is 17.0. The number of nitrogens with one attached hydrogen (secondary N) is 1. The van der Waals surface area contributed by atoms with Crippen molar-refractivity contribution in [3.63, 3.8) is 0 Å². The molecule has 0 unspecified atom stereocenters. The van der Waals surface area contributed by atoms with E-state index in [0.29, 0.717) is 32.0 Å². The van der Waals surface area contributed by atoms with E-state index >= 15 is 0 Å². The van der Waals surface area contributed by atoms with Gasteiger partial charge in [-0.1, -0.05) is 6.07 Å². The van der Waals surface area contributed by atoms with E-state index in [1.165, 1.54) is 6.07 Å². The van der Waals surface area contributed by atoms with Crippen LogP contribution in [0.25, 0.3) is 0 Å². The van der Waals surface area contributed by atoms with Crippen LogP contribution in [-0.2, 0) is 19.5 Å². The average Bonchev–Trinajstić information content (AvgIpc) is 2.60. The SMILES string of the molecule is O=S(=O)(N[C@H]1COCC[C@H]1OCCO)c1cccc2c1OCCO2. The van der Waals surface area contributed by atoms with Crippen LogP contribution in [0.1, 0.15) is 6.42 Å². The first-order chi connectivity index (χ1) is 11.6. The van der Waals surface area contributed by atoms with Gasteiger partial charge < -0.3 is 24.1 Å². The van der Waals surface area contributed by atoms with Crippen LogP contribution in [0, 0.1) is 0 Å². The number of rotatable bonds is 6. The van der Waals surface area contributed by atoms with Crippen molar-refractivity contribution in [1.29, 1.82) is 0 Å². The lowest BCUT2D eigenvalue weighted by molar-refractivity contribution is -0.0580. The molecule has 2 atom stereocenters. The number of aliphatic hydroxyl groups is 1. The highest BCUT2D eigenvalue weighted by molar-refractivity contribution is 7.89. The second kappa shape index (κ2) is 7.66. The highest BCUT2D eigenvalue weighted by atomic mass is 32.2. The Hall–Kier alpha value is -1.39. The molecule has 9 heteroatoms. The van der Waals surface area contributed by atoms with E-state index < -0.39 is 16.1 Å². The molecular formula is C15H21NO7S. The lowest BCUT2D eigenvalue weighted by Gasteiger charge is -2.32. The quantitative estimate of drug-likeness (QED) is 0.731. The van der Waals surface area contributed by atoms with Crippen molar-refractivity contribution in [2.75, 3.05) is 39.6 Å². The lowest BCUT2D eigenvalue weighted by Crippen LogP contribution is -2.50. The first-order valence-corrected chi connectivity index (χ1v) is 9.31. The second-order valence-corrected chi connectivity index (χ2v) is 7.19. The monoisotopic (exact) mass is 359 g/mol. The van der Waals surface area contributed by atoms with E-state index in [0.717, 1.165) is 0 Å². The van der Waals surface area contributed by atoms with E-state index in [2.05, 4.69) is 4.72 Å². The molecular weight excluding hydrogens is 338 g/mol. The van der Waals surface area contributed by atoms with Gasteiger partial charge in [0.2, 0.25) is 10.0 Å². The fraction of sp³-hybridized carbons (Fsp3) is 0.600. The van der Waals surface area contributed by atoms with Gasteiger partial charge in [0.25, 0.3) is 0 Å². The molecule has 8 nitrogen and oxygen atoms in total. The van der Waals surface area contributed by atoms with Crippen molar-refractivity contribution >= 4 is 10.0 Å². The van der Waals surface area contributed by atoms with E-state index in [1.54, 1.807) is 12.1 Å². The van der Waals surface area contributed by atoms with Gasteiger partial charge in [0.1, 0.15) is 18.1 Å².